The zero-order valence-electron chi connectivity index (χ0n) is 7.88. The van der Waals surface area contributed by atoms with Crippen LogP contribution in [0.1, 0.15) is 33.6 Å². The maximum absolute atomic E-state index is 9.16. The zero-order valence-corrected chi connectivity index (χ0v) is 7.88. The number of hydrogen-bond acceptors (Lipinski definition) is 1. The van der Waals surface area contributed by atoms with Gasteiger partial charge in [0.15, 0.2) is 0 Å². The molecule has 1 N–H and O–H groups in total. The van der Waals surface area contributed by atoms with Crippen molar-refractivity contribution >= 4 is 0 Å². The van der Waals surface area contributed by atoms with Gasteiger partial charge in [0.25, 0.3) is 0 Å². The molecule has 0 aliphatic heterocycles. The van der Waals surface area contributed by atoms with Crippen molar-refractivity contribution in [1.82, 2.24) is 0 Å². The summed E-state index contributed by atoms with van der Waals surface area (Å²) in [6, 6.07) is 0. The monoisotopic (exact) mass is 156 g/mol. The molecule has 0 amide bonds. The van der Waals surface area contributed by atoms with Gasteiger partial charge in [-0.3, -0.25) is 0 Å². The third kappa shape index (κ3) is 1.76. The molecule has 0 radical (unpaired) electrons. The second-order valence-corrected chi connectivity index (χ2v) is 4.31. The second kappa shape index (κ2) is 3.57. The highest BCUT2D eigenvalue weighted by Gasteiger charge is 2.34. The van der Waals surface area contributed by atoms with E-state index in [4.69, 9.17) is 5.11 Å². The molecule has 1 aliphatic carbocycles. The van der Waals surface area contributed by atoms with Gasteiger partial charge in [0.1, 0.15) is 0 Å². The molecule has 0 aromatic carbocycles. The molecule has 1 nitrogen and oxygen atoms in total. The first-order valence-corrected chi connectivity index (χ1v) is 4.77. The van der Waals surface area contributed by atoms with E-state index in [1.807, 2.05) is 0 Å². The Labute approximate surface area is 69.8 Å². The topological polar surface area (TPSA) is 20.2 Å². The Hall–Kier alpha value is -0.0400. The van der Waals surface area contributed by atoms with Crippen LogP contribution in [0.15, 0.2) is 0 Å². The van der Waals surface area contributed by atoms with E-state index in [-0.39, 0.29) is 0 Å². The summed E-state index contributed by atoms with van der Waals surface area (Å²) in [7, 11) is 0. The normalized spacial score (nSPS) is 38.5. The van der Waals surface area contributed by atoms with Crippen molar-refractivity contribution in [1.29, 1.82) is 0 Å². The van der Waals surface area contributed by atoms with Crippen LogP contribution < -0.4 is 0 Å². The van der Waals surface area contributed by atoms with Crippen LogP contribution in [-0.4, -0.2) is 11.7 Å². The van der Waals surface area contributed by atoms with Crippen LogP contribution in [0.3, 0.4) is 0 Å². The minimum atomic E-state index is 0.393. The highest BCUT2D eigenvalue weighted by Crippen LogP contribution is 2.40. The summed E-state index contributed by atoms with van der Waals surface area (Å²) in [5.41, 5.74) is 0. The number of aliphatic hydroxyl groups excluding tert-OH is 1. The molecule has 1 unspecified atom stereocenters. The number of hydrogen-bond donors (Lipinski definition) is 1. The van der Waals surface area contributed by atoms with E-state index in [1.165, 1.54) is 12.8 Å². The Kier molecular flexibility index (Phi) is 2.94. The molecule has 1 fully saturated rings. The molecule has 1 rings (SSSR count). The predicted molar refractivity (Wildman–Crippen MR) is 47.3 cm³/mol. The van der Waals surface area contributed by atoms with E-state index in [9.17, 15) is 0 Å². The maximum Gasteiger partial charge on any atom is 0.0464 e. The third-order valence-corrected chi connectivity index (χ3v) is 3.30. The summed E-state index contributed by atoms with van der Waals surface area (Å²) in [6.07, 6.45) is 2.64. The van der Waals surface area contributed by atoms with Crippen molar-refractivity contribution in [2.75, 3.05) is 6.61 Å². The standard InChI is InChI=1S/C10H20O/c1-7(2)9-5-4-8(3)10(9)6-11/h7-11H,4-6H2,1-3H3/t8-,9+,10?/m0/s1. The van der Waals surface area contributed by atoms with Crippen molar-refractivity contribution in [3.63, 3.8) is 0 Å². The first kappa shape index (κ1) is 9.05. The van der Waals surface area contributed by atoms with Gasteiger partial charge in [-0.05, 0) is 30.1 Å². The zero-order chi connectivity index (χ0) is 8.43. The predicted octanol–water partition coefficient (Wildman–Crippen LogP) is 2.30. The van der Waals surface area contributed by atoms with Crippen LogP contribution in [-0.2, 0) is 0 Å². The second-order valence-electron chi connectivity index (χ2n) is 4.31. The molecule has 0 aromatic rings. The maximum atomic E-state index is 9.16. The largest absolute Gasteiger partial charge is 0.396 e. The fourth-order valence-corrected chi connectivity index (χ4v) is 2.45. The SMILES string of the molecule is CC(C)[C@H]1CC[C@H](C)C1CO. The van der Waals surface area contributed by atoms with Gasteiger partial charge in [0, 0.05) is 6.61 Å². The smallest absolute Gasteiger partial charge is 0.0464 e. The summed E-state index contributed by atoms with van der Waals surface area (Å²) < 4.78 is 0. The van der Waals surface area contributed by atoms with Gasteiger partial charge in [-0.2, -0.15) is 0 Å². The quantitative estimate of drug-likeness (QED) is 0.650. The van der Waals surface area contributed by atoms with Gasteiger partial charge in [0.05, 0.1) is 0 Å². The van der Waals surface area contributed by atoms with Crippen LogP contribution in [0, 0.1) is 23.7 Å². The van der Waals surface area contributed by atoms with Gasteiger partial charge in [-0.15, -0.1) is 0 Å². The molecule has 3 atom stereocenters. The minimum Gasteiger partial charge on any atom is -0.396 e. The molecule has 66 valence electrons. The molecular formula is C10H20O. The average Bonchev–Trinajstić information content (AvgIpc) is 2.30. The Balaban J connectivity index is 2.54. The molecule has 0 heterocycles. The van der Waals surface area contributed by atoms with Crippen LogP contribution >= 0.6 is 0 Å². The molecule has 11 heavy (non-hydrogen) atoms. The van der Waals surface area contributed by atoms with E-state index in [0.717, 1.165) is 17.8 Å². The summed E-state index contributed by atoms with van der Waals surface area (Å²) in [5.74, 6) is 2.84. The van der Waals surface area contributed by atoms with Gasteiger partial charge < -0.3 is 5.11 Å². The van der Waals surface area contributed by atoms with E-state index in [1.54, 1.807) is 0 Å². The third-order valence-electron chi connectivity index (χ3n) is 3.30. The Morgan fingerprint density at radius 2 is 2.00 bits per heavy atom. The van der Waals surface area contributed by atoms with Crippen LogP contribution in [0.4, 0.5) is 0 Å². The Morgan fingerprint density at radius 3 is 2.36 bits per heavy atom. The van der Waals surface area contributed by atoms with Crippen molar-refractivity contribution < 1.29 is 5.11 Å². The molecule has 0 bridgehead atoms. The lowest BCUT2D eigenvalue weighted by atomic mass is 9.84. The fourth-order valence-electron chi connectivity index (χ4n) is 2.45. The van der Waals surface area contributed by atoms with Crippen LogP contribution in [0.25, 0.3) is 0 Å². The summed E-state index contributed by atoms with van der Waals surface area (Å²) in [6.45, 7) is 7.20. The van der Waals surface area contributed by atoms with Crippen molar-refractivity contribution in [2.24, 2.45) is 23.7 Å². The molecule has 0 spiro atoms. The van der Waals surface area contributed by atoms with Gasteiger partial charge in [0.2, 0.25) is 0 Å². The lowest BCUT2D eigenvalue weighted by Crippen LogP contribution is -2.21. The number of rotatable bonds is 2. The molecule has 0 aromatic heterocycles. The Morgan fingerprint density at radius 1 is 1.36 bits per heavy atom. The summed E-state index contributed by atoms with van der Waals surface area (Å²) in [4.78, 5) is 0. The lowest BCUT2D eigenvalue weighted by Gasteiger charge is -2.23. The van der Waals surface area contributed by atoms with E-state index in [0.29, 0.717) is 12.5 Å². The number of aliphatic hydroxyl groups is 1. The van der Waals surface area contributed by atoms with Crippen molar-refractivity contribution in [2.45, 2.75) is 33.6 Å². The molecule has 0 saturated heterocycles. The average molecular weight is 156 g/mol. The van der Waals surface area contributed by atoms with E-state index < -0.39 is 0 Å². The van der Waals surface area contributed by atoms with Crippen molar-refractivity contribution in [3.8, 4) is 0 Å². The minimum absolute atomic E-state index is 0.393. The van der Waals surface area contributed by atoms with Gasteiger partial charge in [-0.25, -0.2) is 0 Å². The molecule has 1 heteroatoms. The van der Waals surface area contributed by atoms with Crippen LogP contribution in [0.5, 0.6) is 0 Å². The van der Waals surface area contributed by atoms with Gasteiger partial charge >= 0.3 is 0 Å². The molecular weight excluding hydrogens is 136 g/mol. The first-order chi connectivity index (χ1) is 5.16. The van der Waals surface area contributed by atoms with Crippen molar-refractivity contribution in [3.05, 3.63) is 0 Å². The summed E-state index contributed by atoms with van der Waals surface area (Å²) >= 11 is 0. The first-order valence-electron chi connectivity index (χ1n) is 4.77. The van der Waals surface area contributed by atoms with E-state index >= 15 is 0 Å². The summed E-state index contributed by atoms with van der Waals surface area (Å²) in [5, 5.41) is 9.16. The molecule has 1 aliphatic rings. The highest BCUT2D eigenvalue weighted by molar-refractivity contribution is 4.83. The Bertz CT molecular complexity index is 120. The fraction of sp³-hybridized carbons (Fsp3) is 1.00. The van der Waals surface area contributed by atoms with Crippen LogP contribution in [0.2, 0.25) is 0 Å². The van der Waals surface area contributed by atoms with E-state index in [2.05, 4.69) is 20.8 Å². The highest BCUT2D eigenvalue weighted by atomic mass is 16.3. The molecule has 1 saturated carbocycles. The lowest BCUT2D eigenvalue weighted by molar-refractivity contribution is 0.144. The van der Waals surface area contributed by atoms with Gasteiger partial charge in [-0.1, -0.05) is 27.2 Å².